The van der Waals surface area contributed by atoms with Crippen LogP contribution in [0.25, 0.3) is 0 Å². The summed E-state index contributed by atoms with van der Waals surface area (Å²) < 4.78 is 39.0. The van der Waals surface area contributed by atoms with E-state index in [9.17, 15) is 13.2 Å². The minimum atomic E-state index is -4.13. The van der Waals surface area contributed by atoms with E-state index in [-0.39, 0.29) is 5.41 Å². The molecule has 126 valence electrons. The summed E-state index contributed by atoms with van der Waals surface area (Å²) in [5.41, 5.74) is 2.93. The average molecular weight is 323 g/mol. The van der Waals surface area contributed by atoms with Crippen molar-refractivity contribution in [3.05, 3.63) is 34.9 Å². The molecule has 1 nitrogen and oxygen atoms in total. The molecule has 3 aliphatic rings. The van der Waals surface area contributed by atoms with Gasteiger partial charge in [0.25, 0.3) is 0 Å². The van der Waals surface area contributed by atoms with E-state index in [2.05, 4.69) is 18.0 Å². The summed E-state index contributed by atoms with van der Waals surface area (Å²) in [4.78, 5) is 2.40. The molecule has 4 rings (SSSR count). The van der Waals surface area contributed by atoms with Crippen molar-refractivity contribution in [1.29, 1.82) is 0 Å². The summed E-state index contributed by atoms with van der Waals surface area (Å²) in [7, 11) is 2.15. The topological polar surface area (TPSA) is 3.24 Å². The lowest BCUT2D eigenvalue weighted by Gasteiger charge is -2.58. The molecule has 1 aliphatic heterocycles. The zero-order chi connectivity index (χ0) is 16.2. The van der Waals surface area contributed by atoms with Gasteiger partial charge in [-0.25, -0.2) is 0 Å². The third kappa shape index (κ3) is 2.41. The van der Waals surface area contributed by atoms with Crippen molar-refractivity contribution < 1.29 is 13.2 Å². The van der Waals surface area contributed by atoms with E-state index in [1.165, 1.54) is 24.8 Å². The van der Waals surface area contributed by atoms with E-state index in [1.54, 1.807) is 6.07 Å². The quantitative estimate of drug-likeness (QED) is 0.736. The number of alkyl halides is 3. The van der Waals surface area contributed by atoms with Crippen molar-refractivity contribution in [3.8, 4) is 0 Å². The van der Waals surface area contributed by atoms with Crippen LogP contribution in [-0.2, 0) is 18.3 Å². The fraction of sp³-hybridized carbons (Fsp3) is 0.684. The highest BCUT2D eigenvalue weighted by atomic mass is 19.4. The Morgan fingerprint density at radius 1 is 1.22 bits per heavy atom. The van der Waals surface area contributed by atoms with Gasteiger partial charge in [0.15, 0.2) is 0 Å². The van der Waals surface area contributed by atoms with Gasteiger partial charge in [0.05, 0.1) is 6.42 Å². The second kappa shape index (κ2) is 5.23. The first kappa shape index (κ1) is 15.5. The summed E-state index contributed by atoms with van der Waals surface area (Å²) in [5, 5.41) is 0. The SMILES string of the molecule is CN1CC[C@]23CCCC[C@H]2[C@H]1Cc1c(CC(F)(F)F)cccc13. The Kier molecular flexibility index (Phi) is 3.53. The summed E-state index contributed by atoms with van der Waals surface area (Å²) in [5.74, 6) is 0.628. The molecule has 1 aromatic rings. The van der Waals surface area contributed by atoms with Crippen molar-refractivity contribution in [1.82, 2.24) is 4.90 Å². The van der Waals surface area contributed by atoms with Crippen LogP contribution in [0.4, 0.5) is 13.2 Å². The number of rotatable bonds is 1. The van der Waals surface area contributed by atoms with Gasteiger partial charge < -0.3 is 4.90 Å². The van der Waals surface area contributed by atoms with Gasteiger partial charge in [-0.05, 0) is 61.9 Å². The maximum Gasteiger partial charge on any atom is 0.393 e. The number of nitrogens with zero attached hydrogens (tertiary/aromatic N) is 1. The van der Waals surface area contributed by atoms with Crippen LogP contribution >= 0.6 is 0 Å². The number of benzene rings is 1. The molecule has 3 atom stereocenters. The monoisotopic (exact) mass is 323 g/mol. The van der Waals surface area contributed by atoms with Crippen LogP contribution in [0.15, 0.2) is 18.2 Å². The third-order valence-corrected chi connectivity index (χ3v) is 6.65. The van der Waals surface area contributed by atoms with Crippen LogP contribution in [0.5, 0.6) is 0 Å². The zero-order valence-corrected chi connectivity index (χ0v) is 13.6. The zero-order valence-electron chi connectivity index (χ0n) is 13.6. The highest BCUT2D eigenvalue weighted by Gasteiger charge is 2.53. The first-order chi connectivity index (χ1) is 10.9. The molecule has 0 spiro atoms. The Morgan fingerprint density at radius 2 is 2.04 bits per heavy atom. The Morgan fingerprint density at radius 3 is 2.83 bits per heavy atom. The van der Waals surface area contributed by atoms with Crippen LogP contribution in [-0.4, -0.2) is 30.7 Å². The molecule has 2 fully saturated rings. The fourth-order valence-corrected chi connectivity index (χ4v) is 5.69. The van der Waals surface area contributed by atoms with Crippen molar-refractivity contribution in [3.63, 3.8) is 0 Å². The molecule has 0 amide bonds. The molecular weight excluding hydrogens is 299 g/mol. The van der Waals surface area contributed by atoms with Gasteiger partial charge in [0.1, 0.15) is 0 Å². The lowest BCUT2D eigenvalue weighted by atomic mass is 9.52. The van der Waals surface area contributed by atoms with Crippen LogP contribution in [0.1, 0.15) is 48.8 Å². The predicted molar refractivity (Wildman–Crippen MR) is 84.6 cm³/mol. The molecule has 1 aromatic carbocycles. The molecule has 0 radical (unpaired) electrons. The molecule has 2 bridgehead atoms. The van der Waals surface area contributed by atoms with E-state index in [1.807, 2.05) is 6.07 Å². The van der Waals surface area contributed by atoms with Gasteiger partial charge in [-0.2, -0.15) is 13.2 Å². The maximum atomic E-state index is 13.0. The summed E-state index contributed by atoms with van der Waals surface area (Å²) in [6.07, 6.45) is 1.87. The smallest absolute Gasteiger partial charge is 0.303 e. The van der Waals surface area contributed by atoms with E-state index in [0.717, 1.165) is 31.4 Å². The van der Waals surface area contributed by atoms with E-state index in [0.29, 0.717) is 17.5 Å². The lowest BCUT2D eigenvalue weighted by Crippen LogP contribution is -2.60. The maximum absolute atomic E-state index is 13.0. The molecule has 4 heteroatoms. The number of likely N-dealkylation sites (tertiary alicyclic amines) is 1. The number of piperidine rings is 1. The van der Waals surface area contributed by atoms with Crippen molar-refractivity contribution in [2.24, 2.45) is 5.92 Å². The van der Waals surface area contributed by atoms with Crippen molar-refractivity contribution in [2.75, 3.05) is 13.6 Å². The normalized spacial score (nSPS) is 33.9. The molecule has 1 heterocycles. The van der Waals surface area contributed by atoms with Gasteiger partial charge in [0.2, 0.25) is 0 Å². The number of hydrogen-bond donors (Lipinski definition) is 0. The van der Waals surface area contributed by atoms with E-state index >= 15 is 0 Å². The molecule has 1 saturated heterocycles. The Balaban J connectivity index is 1.84. The number of fused-ring (bicyclic) bond motifs is 1. The predicted octanol–water partition coefficient (Wildman–Crippen LogP) is 4.48. The van der Waals surface area contributed by atoms with Crippen molar-refractivity contribution >= 4 is 0 Å². The molecular formula is C19H24F3N. The van der Waals surface area contributed by atoms with Gasteiger partial charge in [-0.1, -0.05) is 31.0 Å². The molecule has 23 heavy (non-hydrogen) atoms. The molecule has 0 N–H and O–H groups in total. The Hall–Kier alpha value is -1.03. The molecule has 0 aromatic heterocycles. The van der Waals surface area contributed by atoms with Crippen LogP contribution in [0.2, 0.25) is 0 Å². The fourth-order valence-electron chi connectivity index (χ4n) is 5.69. The van der Waals surface area contributed by atoms with Crippen molar-refractivity contribution in [2.45, 2.75) is 62.6 Å². The molecule has 2 aliphatic carbocycles. The Bertz CT molecular complexity index is 609. The van der Waals surface area contributed by atoms with Crippen LogP contribution in [0, 0.1) is 5.92 Å². The van der Waals surface area contributed by atoms with Crippen LogP contribution < -0.4 is 0 Å². The second-order valence-corrected chi connectivity index (χ2v) is 7.75. The van der Waals surface area contributed by atoms with Crippen LogP contribution in [0.3, 0.4) is 0 Å². The highest BCUT2D eigenvalue weighted by molar-refractivity contribution is 5.46. The first-order valence-corrected chi connectivity index (χ1v) is 8.79. The third-order valence-electron chi connectivity index (χ3n) is 6.65. The average Bonchev–Trinajstić information content (AvgIpc) is 2.50. The summed E-state index contributed by atoms with van der Waals surface area (Å²) in [6, 6.07) is 6.11. The highest BCUT2D eigenvalue weighted by Crippen LogP contribution is 2.56. The minimum absolute atomic E-state index is 0.143. The van der Waals surface area contributed by atoms with Gasteiger partial charge >= 0.3 is 6.18 Å². The minimum Gasteiger partial charge on any atom is -0.303 e. The second-order valence-electron chi connectivity index (χ2n) is 7.75. The van der Waals surface area contributed by atoms with E-state index in [4.69, 9.17) is 0 Å². The van der Waals surface area contributed by atoms with Gasteiger partial charge in [0, 0.05) is 11.5 Å². The summed E-state index contributed by atoms with van der Waals surface area (Å²) >= 11 is 0. The largest absolute Gasteiger partial charge is 0.393 e. The van der Waals surface area contributed by atoms with Gasteiger partial charge in [-0.3, -0.25) is 0 Å². The van der Waals surface area contributed by atoms with Gasteiger partial charge in [-0.15, -0.1) is 0 Å². The standard InChI is InChI=1S/C19H24F3N/c1-23-10-9-18-8-3-2-6-16(18)17(23)11-14-13(12-19(20,21)22)5-4-7-15(14)18/h4-5,7,16-17H,2-3,6,8-12H2,1H3/t16-,17+,18-/m0/s1. The summed E-state index contributed by atoms with van der Waals surface area (Å²) in [6.45, 7) is 1.07. The lowest BCUT2D eigenvalue weighted by molar-refractivity contribution is -0.127. The number of likely N-dealkylation sites (N-methyl/N-ethyl adjacent to an activating group) is 1. The number of halogens is 3. The van der Waals surface area contributed by atoms with E-state index < -0.39 is 12.6 Å². The Labute approximate surface area is 135 Å². The molecule has 1 saturated carbocycles. The first-order valence-electron chi connectivity index (χ1n) is 8.79. The number of hydrogen-bond acceptors (Lipinski definition) is 1. The molecule has 0 unspecified atom stereocenters.